The van der Waals surface area contributed by atoms with E-state index >= 15 is 0 Å². The average molecular weight is 263 g/mol. The summed E-state index contributed by atoms with van der Waals surface area (Å²) < 4.78 is 24.7. The van der Waals surface area contributed by atoms with E-state index in [2.05, 4.69) is 9.97 Å². The van der Waals surface area contributed by atoms with Crippen LogP contribution in [-0.4, -0.2) is 18.4 Å². The zero-order chi connectivity index (χ0) is 13.3. The van der Waals surface area contributed by atoms with E-state index in [1.165, 1.54) is 12.4 Å². The van der Waals surface area contributed by atoms with Crippen LogP contribution < -0.4 is 5.73 Å². The molecule has 1 heterocycles. The molecule has 0 unspecified atom stereocenters. The van der Waals surface area contributed by atoms with Crippen molar-refractivity contribution in [1.82, 2.24) is 9.97 Å². The molecule has 0 aliphatic rings. The summed E-state index contributed by atoms with van der Waals surface area (Å²) in [6, 6.07) is 5.18. The van der Waals surface area contributed by atoms with Crippen LogP contribution in [0.5, 0.6) is 0 Å². The van der Waals surface area contributed by atoms with Crippen molar-refractivity contribution in [2.75, 3.05) is 5.73 Å². The zero-order valence-corrected chi connectivity index (χ0v) is 10.9. The topological polar surface area (TPSA) is 85.9 Å². The molecule has 2 N–H and O–H groups in total. The highest BCUT2D eigenvalue weighted by molar-refractivity contribution is 7.91. The third-order valence-electron chi connectivity index (χ3n) is 2.58. The van der Waals surface area contributed by atoms with Gasteiger partial charge < -0.3 is 5.73 Å². The molecule has 0 amide bonds. The summed E-state index contributed by atoms with van der Waals surface area (Å²) in [5.41, 5.74) is 7.06. The molecule has 0 radical (unpaired) electrons. The molecule has 0 fully saturated rings. The normalized spacial score (nSPS) is 11.4. The standard InChI is InChI=1S/C12H13N3O2S/c1-8-3-4-11(9(2)5-8)18(16,17)10-6-14-12(13)15-7-10/h3-7H,1-2H3,(H2,13,14,15). The summed E-state index contributed by atoms with van der Waals surface area (Å²) in [4.78, 5) is 7.72. The number of sulfone groups is 1. The Labute approximate surface area is 106 Å². The van der Waals surface area contributed by atoms with Gasteiger partial charge in [0.05, 0.1) is 17.3 Å². The first-order valence-electron chi connectivity index (χ1n) is 5.31. The molecule has 0 saturated heterocycles. The highest BCUT2D eigenvalue weighted by Gasteiger charge is 2.20. The van der Waals surface area contributed by atoms with E-state index in [1.54, 1.807) is 19.1 Å². The number of hydrogen-bond acceptors (Lipinski definition) is 5. The molecule has 0 atom stereocenters. The summed E-state index contributed by atoms with van der Waals surface area (Å²) in [5.74, 6) is 0.0505. The van der Waals surface area contributed by atoms with Crippen molar-refractivity contribution in [3.05, 3.63) is 41.7 Å². The van der Waals surface area contributed by atoms with Crippen molar-refractivity contribution in [1.29, 1.82) is 0 Å². The number of nitrogen functional groups attached to an aromatic ring is 1. The van der Waals surface area contributed by atoms with E-state index in [9.17, 15) is 8.42 Å². The Balaban J connectivity index is 2.58. The van der Waals surface area contributed by atoms with Crippen molar-refractivity contribution >= 4 is 15.8 Å². The minimum Gasteiger partial charge on any atom is -0.368 e. The number of nitrogens with zero attached hydrogens (tertiary/aromatic N) is 2. The van der Waals surface area contributed by atoms with Gasteiger partial charge in [0.2, 0.25) is 15.8 Å². The number of hydrogen-bond donors (Lipinski definition) is 1. The fourth-order valence-corrected chi connectivity index (χ4v) is 3.06. The average Bonchev–Trinajstić information content (AvgIpc) is 2.29. The van der Waals surface area contributed by atoms with E-state index in [0.717, 1.165) is 5.56 Å². The molecule has 2 aromatic rings. The van der Waals surface area contributed by atoms with E-state index in [4.69, 9.17) is 5.73 Å². The Hall–Kier alpha value is -1.95. The lowest BCUT2D eigenvalue weighted by atomic mass is 10.2. The van der Waals surface area contributed by atoms with E-state index in [1.807, 2.05) is 13.0 Å². The van der Waals surface area contributed by atoms with Crippen molar-refractivity contribution in [3.8, 4) is 0 Å². The van der Waals surface area contributed by atoms with Gasteiger partial charge >= 0.3 is 0 Å². The molecule has 0 spiro atoms. The van der Waals surface area contributed by atoms with Crippen LogP contribution >= 0.6 is 0 Å². The summed E-state index contributed by atoms with van der Waals surface area (Å²) in [6.07, 6.45) is 2.44. The third kappa shape index (κ3) is 2.19. The number of nitrogens with two attached hydrogens (primary N) is 1. The second kappa shape index (κ2) is 4.38. The minimum absolute atomic E-state index is 0.0450. The predicted molar refractivity (Wildman–Crippen MR) is 67.8 cm³/mol. The molecule has 5 nitrogen and oxygen atoms in total. The molecule has 1 aromatic heterocycles. The second-order valence-electron chi connectivity index (χ2n) is 4.05. The smallest absolute Gasteiger partial charge is 0.219 e. The Kier molecular flexibility index (Phi) is 3.04. The summed E-state index contributed by atoms with van der Waals surface area (Å²) in [7, 11) is -3.58. The fraction of sp³-hybridized carbons (Fsp3) is 0.167. The van der Waals surface area contributed by atoms with Gasteiger partial charge in [0, 0.05) is 0 Å². The molecule has 0 aliphatic carbocycles. The molecule has 0 bridgehead atoms. The lowest BCUT2D eigenvalue weighted by molar-refractivity contribution is 0.594. The number of aromatic nitrogens is 2. The number of aryl methyl sites for hydroxylation is 2. The van der Waals surface area contributed by atoms with Gasteiger partial charge in [-0.05, 0) is 25.5 Å². The van der Waals surface area contributed by atoms with Crippen LogP contribution in [0.3, 0.4) is 0 Å². The number of rotatable bonds is 2. The maximum Gasteiger partial charge on any atom is 0.219 e. The van der Waals surface area contributed by atoms with Crippen molar-refractivity contribution in [2.24, 2.45) is 0 Å². The van der Waals surface area contributed by atoms with Crippen LogP contribution in [0.1, 0.15) is 11.1 Å². The molecule has 18 heavy (non-hydrogen) atoms. The second-order valence-corrected chi connectivity index (χ2v) is 5.97. The van der Waals surface area contributed by atoms with Gasteiger partial charge in [0.1, 0.15) is 4.90 Å². The molecular formula is C12H13N3O2S. The van der Waals surface area contributed by atoms with E-state index in [-0.39, 0.29) is 15.7 Å². The van der Waals surface area contributed by atoms with Crippen LogP contribution in [0.2, 0.25) is 0 Å². The number of benzene rings is 1. The lowest BCUT2D eigenvalue weighted by Crippen LogP contribution is -2.06. The van der Waals surface area contributed by atoms with E-state index < -0.39 is 9.84 Å². The van der Waals surface area contributed by atoms with Crippen LogP contribution in [0.4, 0.5) is 5.95 Å². The van der Waals surface area contributed by atoms with Gasteiger partial charge in [-0.2, -0.15) is 0 Å². The summed E-state index contributed by atoms with van der Waals surface area (Å²) in [6.45, 7) is 3.67. The molecule has 6 heteroatoms. The largest absolute Gasteiger partial charge is 0.368 e. The van der Waals surface area contributed by atoms with Crippen LogP contribution in [0.25, 0.3) is 0 Å². The monoisotopic (exact) mass is 263 g/mol. The van der Waals surface area contributed by atoms with Gasteiger partial charge in [-0.3, -0.25) is 0 Å². The van der Waals surface area contributed by atoms with E-state index in [0.29, 0.717) is 5.56 Å². The maximum atomic E-state index is 12.4. The number of anilines is 1. The first-order valence-corrected chi connectivity index (χ1v) is 6.79. The van der Waals surface area contributed by atoms with Gasteiger partial charge in [-0.25, -0.2) is 18.4 Å². The van der Waals surface area contributed by atoms with Crippen molar-refractivity contribution in [2.45, 2.75) is 23.6 Å². The summed E-state index contributed by atoms with van der Waals surface area (Å²) >= 11 is 0. The first-order chi connectivity index (χ1) is 8.41. The quantitative estimate of drug-likeness (QED) is 0.887. The van der Waals surface area contributed by atoms with Crippen LogP contribution in [0.15, 0.2) is 40.4 Å². The van der Waals surface area contributed by atoms with Gasteiger partial charge in [0.15, 0.2) is 0 Å². The lowest BCUT2D eigenvalue weighted by Gasteiger charge is -2.08. The highest BCUT2D eigenvalue weighted by atomic mass is 32.2. The predicted octanol–water partition coefficient (Wildman–Crippen LogP) is 1.51. The molecular weight excluding hydrogens is 250 g/mol. The van der Waals surface area contributed by atoms with Gasteiger partial charge in [-0.15, -0.1) is 0 Å². The molecule has 1 aromatic carbocycles. The fourth-order valence-electron chi connectivity index (χ4n) is 1.69. The Morgan fingerprint density at radius 1 is 1.11 bits per heavy atom. The maximum absolute atomic E-state index is 12.4. The Morgan fingerprint density at radius 2 is 1.72 bits per heavy atom. The van der Waals surface area contributed by atoms with Gasteiger partial charge in [0.25, 0.3) is 0 Å². The van der Waals surface area contributed by atoms with Crippen LogP contribution in [-0.2, 0) is 9.84 Å². The molecule has 0 aliphatic heterocycles. The first kappa shape index (κ1) is 12.5. The molecule has 94 valence electrons. The van der Waals surface area contributed by atoms with Crippen molar-refractivity contribution in [3.63, 3.8) is 0 Å². The Morgan fingerprint density at radius 3 is 2.28 bits per heavy atom. The Bertz CT molecular complexity index is 679. The highest BCUT2D eigenvalue weighted by Crippen LogP contribution is 2.23. The third-order valence-corrected chi connectivity index (χ3v) is 4.45. The SMILES string of the molecule is Cc1ccc(S(=O)(=O)c2cnc(N)nc2)c(C)c1. The van der Waals surface area contributed by atoms with Crippen LogP contribution in [0, 0.1) is 13.8 Å². The minimum atomic E-state index is -3.58. The zero-order valence-electron chi connectivity index (χ0n) is 10.1. The molecule has 2 rings (SSSR count). The van der Waals surface area contributed by atoms with Crippen molar-refractivity contribution < 1.29 is 8.42 Å². The molecule has 0 saturated carbocycles. The summed E-state index contributed by atoms with van der Waals surface area (Å²) in [5, 5.41) is 0. The van der Waals surface area contributed by atoms with Gasteiger partial charge in [-0.1, -0.05) is 17.7 Å².